The molecule has 0 atom stereocenters. The van der Waals surface area contributed by atoms with E-state index in [1.165, 1.54) is 11.8 Å². The number of hydrazine groups is 1. The molecular formula is C10H14N6OS. The van der Waals surface area contributed by atoms with Crippen molar-refractivity contribution in [3.63, 3.8) is 0 Å². The maximum atomic E-state index is 11.4. The van der Waals surface area contributed by atoms with E-state index in [9.17, 15) is 4.79 Å². The van der Waals surface area contributed by atoms with Crippen LogP contribution in [0.4, 0.5) is 5.82 Å². The molecule has 0 saturated carbocycles. The van der Waals surface area contributed by atoms with E-state index in [1.807, 2.05) is 19.1 Å². The van der Waals surface area contributed by atoms with Crippen LogP contribution in [0.1, 0.15) is 12.6 Å². The number of H-pyrrole nitrogens is 1. The van der Waals surface area contributed by atoms with Crippen molar-refractivity contribution in [3.8, 4) is 0 Å². The minimum Gasteiger partial charge on any atom is -0.308 e. The third-order valence-electron chi connectivity index (χ3n) is 2.34. The Bertz CT molecular complexity index is 578. The van der Waals surface area contributed by atoms with Crippen LogP contribution in [0.25, 0.3) is 0 Å². The first kappa shape index (κ1) is 12.7. The second-order valence-corrected chi connectivity index (χ2v) is 4.45. The van der Waals surface area contributed by atoms with Crippen molar-refractivity contribution >= 4 is 17.6 Å². The molecule has 0 aliphatic carbocycles. The van der Waals surface area contributed by atoms with Gasteiger partial charge in [-0.05, 0) is 19.1 Å². The SMILES string of the molecule is CCn1c(SCc2cccc(NN)n2)n[nH]c1=O. The Morgan fingerprint density at radius 2 is 2.39 bits per heavy atom. The Morgan fingerprint density at radius 3 is 3.11 bits per heavy atom. The number of rotatable bonds is 5. The van der Waals surface area contributed by atoms with Gasteiger partial charge in [0.1, 0.15) is 5.82 Å². The van der Waals surface area contributed by atoms with Crippen molar-refractivity contribution < 1.29 is 0 Å². The lowest BCUT2D eigenvalue weighted by Crippen LogP contribution is -2.16. The van der Waals surface area contributed by atoms with Gasteiger partial charge in [0, 0.05) is 12.3 Å². The first-order valence-corrected chi connectivity index (χ1v) is 6.43. The lowest BCUT2D eigenvalue weighted by atomic mass is 10.4. The van der Waals surface area contributed by atoms with Crippen LogP contribution < -0.4 is 17.0 Å². The quantitative estimate of drug-likeness (QED) is 0.415. The van der Waals surface area contributed by atoms with E-state index < -0.39 is 0 Å². The first-order chi connectivity index (χ1) is 8.74. The summed E-state index contributed by atoms with van der Waals surface area (Å²) in [5.74, 6) is 6.53. The molecule has 0 aliphatic rings. The number of thioether (sulfide) groups is 1. The second kappa shape index (κ2) is 5.69. The smallest absolute Gasteiger partial charge is 0.308 e. The van der Waals surface area contributed by atoms with Gasteiger partial charge >= 0.3 is 5.69 Å². The van der Waals surface area contributed by atoms with Gasteiger partial charge in [-0.15, -0.1) is 5.10 Å². The zero-order valence-electron chi connectivity index (χ0n) is 9.88. The number of aromatic nitrogens is 4. The number of pyridine rings is 1. The average Bonchev–Trinajstić information content (AvgIpc) is 2.77. The molecule has 96 valence electrons. The molecule has 0 unspecified atom stereocenters. The highest BCUT2D eigenvalue weighted by Crippen LogP contribution is 2.19. The Balaban J connectivity index is 2.08. The molecular weight excluding hydrogens is 252 g/mol. The summed E-state index contributed by atoms with van der Waals surface area (Å²) in [4.78, 5) is 15.7. The molecule has 0 spiro atoms. The van der Waals surface area contributed by atoms with Gasteiger partial charge in [0.05, 0.1) is 5.69 Å². The van der Waals surface area contributed by atoms with E-state index in [0.717, 1.165) is 5.69 Å². The summed E-state index contributed by atoms with van der Waals surface area (Å²) in [7, 11) is 0. The molecule has 8 heteroatoms. The summed E-state index contributed by atoms with van der Waals surface area (Å²) in [6.07, 6.45) is 0. The van der Waals surface area contributed by atoms with Crippen LogP contribution in [0.3, 0.4) is 0 Å². The highest BCUT2D eigenvalue weighted by atomic mass is 32.2. The maximum Gasteiger partial charge on any atom is 0.343 e. The molecule has 0 fully saturated rings. The molecule has 0 radical (unpaired) electrons. The summed E-state index contributed by atoms with van der Waals surface area (Å²) in [5.41, 5.74) is 3.17. The monoisotopic (exact) mass is 266 g/mol. The van der Waals surface area contributed by atoms with Gasteiger partial charge in [0.25, 0.3) is 0 Å². The number of nitrogens with zero attached hydrogens (tertiary/aromatic N) is 3. The van der Waals surface area contributed by atoms with Crippen LogP contribution in [0.15, 0.2) is 28.2 Å². The number of nitrogens with two attached hydrogens (primary N) is 1. The fourth-order valence-electron chi connectivity index (χ4n) is 1.47. The highest BCUT2D eigenvalue weighted by Gasteiger charge is 2.07. The topological polar surface area (TPSA) is 102 Å². The van der Waals surface area contributed by atoms with Crippen molar-refractivity contribution in [1.82, 2.24) is 19.7 Å². The lowest BCUT2D eigenvalue weighted by molar-refractivity contribution is 0.660. The van der Waals surface area contributed by atoms with E-state index in [0.29, 0.717) is 23.3 Å². The Hall–Kier alpha value is -1.80. The van der Waals surface area contributed by atoms with E-state index in [2.05, 4.69) is 20.6 Å². The second-order valence-electron chi connectivity index (χ2n) is 3.50. The Morgan fingerprint density at radius 1 is 1.56 bits per heavy atom. The maximum absolute atomic E-state index is 11.4. The molecule has 2 rings (SSSR count). The molecule has 4 N–H and O–H groups in total. The molecule has 0 aliphatic heterocycles. The number of anilines is 1. The highest BCUT2D eigenvalue weighted by molar-refractivity contribution is 7.98. The number of aromatic amines is 1. The van der Waals surface area contributed by atoms with Gasteiger partial charge in [0.15, 0.2) is 5.16 Å². The van der Waals surface area contributed by atoms with Gasteiger partial charge in [-0.25, -0.2) is 20.7 Å². The van der Waals surface area contributed by atoms with E-state index in [1.54, 1.807) is 10.6 Å². The molecule has 18 heavy (non-hydrogen) atoms. The third-order valence-corrected chi connectivity index (χ3v) is 3.35. The zero-order valence-corrected chi connectivity index (χ0v) is 10.7. The number of hydrogen-bond donors (Lipinski definition) is 3. The number of nitrogen functional groups attached to an aromatic ring is 1. The minimum absolute atomic E-state index is 0.190. The third kappa shape index (κ3) is 2.71. The molecule has 2 aromatic heterocycles. The normalized spacial score (nSPS) is 10.6. The minimum atomic E-state index is -0.190. The predicted octanol–water partition coefficient (Wildman–Crippen LogP) is 0.564. The van der Waals surface area contributed by atoms with Crippen LogP contribution in [0.5, 0.6) is 0 Å². The van der Waals surface area contributed by atoms with E-state index in [4.69, 9.17) is 5.84 Å². The fraction of sp³-hybridized carbons (Fsp3) is 0.300. The van der Waals surface area contributed by atoms with Crippen LogP contribution in [0, 0.1) is 0 Å². The van der Waals surface area contributed by atoms with Gasteiger partial charge in [-0.1, -0.05) is 17.8 Å². The van der Waals surface area contributed by atoms with Crippen molar-refractivity contribution in [2.24, 2.45) is 5.84 Å². The van der Waals surface area contributed by atoms with E-state index in [-0.39, 0.29) is 5.69 Å². The summed E-state index contributed by atoms with van der Waals surface area (Å²) >= 11 is 1.45. The van der Waals surface area contributed by atoms with Crippen LogP contribution in [-0.2, 0) is 12.3 Å². The van der Waals surface area contributed by atoms with Gasteiger partial charge in [-0.3, -0.25) is 4.57 Å². The van der Waals surface area contributed by atoms with Gasteiger partial charge < -0.3 is 5.43 Å². The number of hydrogen-bond acceptors (Lipinski definition) is 6. The van der Waals surface area contributed by atoms with Crippen LogP contribution in [0.2, 0.25) is 0 Å². The fourth-order valence-corrected chi connectivity index (χ4v) is 2.39. The van der Waals surface area contributed by atoms with Crippen molar-refractivity contribution in [1.29, 1.82) is 0 Å². The largest absolute Gasteiger partial charge is 0.343 e. The molecule has 2 aromatic rings. The lowest BCUT2D eigenvalue weighted by Gasteiger charge is -2.04. The molecule has 2 heterocycles. The molecule has 7 nitrogen and oxygen atoms in total. The standard InChI is InChI=1S/C10H14N6OS/c1-2-16-9(17)14-15-10(16)18-6-7-4-3-5-8(12-7)13-11/h3-5H,2,6,11H2,1H3,(H,12,13)(H,14,17). The van der Waals surface area contributed by atoms with Gasteiger partial charge in [0.2, 0.25) is 0 Å². The first-order valence-electron chi connectivity index (χ1n) is 5.45. The van der Waals surface area contributed by atoms with Crippen molar-refractivity contribution in [2.75, 3.05) is 5.43 Å². The molecule has 0 amide bonds. The summed E-state index contributed by atoms with van der Waals surface area (Å²) < 4.78 is 1.58. The average molecular weight is 266 g/mol. The van der Waals surface area contributed by atoms with Crippen molar-refractivity contribution in [3.05, 3.63) is 34.4 Å². The summed E-state index contributed by atoms with van der Waals surface area (Å²) in [5, 5.41) is 7.06. The summed E-state index contributed by atoms with van der Waals surface area (Å²) in [6.45, 7) is 2.49. The molecule has 0 bridgehead atoms. The van der Waals surface area contributed by atoms with Crippen molar-refractivity contribution in [2.45, 2.75) is 24.4 Å². The summed E-state index contributed by atoms with van der Waals surface area (Å²) in [6, 6.07) is 5.55. The number of nitrogens with one attached hydrogen (secondary N) is 2. The van der Waals surface area contributed by atoms with E-state index >= 15 is 0 Å². The van der Waals surface area contributed by atoms with Gasteiger partial charge in [-0.2, -0.15) is 0 Å². The Kier molecular flexibility index (Phi) is 4.00. The molecule has 0 aromatic carbocycles. The predicted molar refractivity (Wildman–Crippen MR) is 70.1 cm³/mol. The zero-order chi connectivity index (χ0) is 13.0. The molecule has 0 saturated heterocycles. The Labute approximate surface area is 108 Å². The van der Waals surface area contributed by atoms with Crippen LogP contribution >= 0.6 is 11.8 Å². The van der Waals surface area contributed by atoms with Crippen LogP contribution in [-0.4, -0.2) is 19.7 Å².